The Kier molecular flexibility index (Phi) is 3.04. The number of aromatic nitrogens is 2. The van der Waals surface area contributed by atoms with E-state index in [1.807, 2.05) is 18.7 Å². The smallest absolute Gasteiger partial charge is 0.0597 e. The molecule has 0 amide bonds. The number of hydrogen-bond acceptors (Lipinski definition) is 3. The third kappa shape index (κ3) is 2.28. The molecule has 1 saturated heterocycles. The van der Waals surface area contributed by atoms with Crippen LogP contribution in [0.3, 0.4) is 0 Å². The Labute approximate surface area is 97.4 Å². The van der Waals surface area contributed by atoms with Crippen molar-refractivity contribution >= 4 is 0 Å². The third-order valence-corrected chi connectivity index (χ3v) is 3.31. The highest BCUT2D eigenvalue weighted by Gasteiger charge is 2.38. The summed E-state index contributed by atoms with van der Waals surface area (Å²) in [6.07, 6.45) is 2.31. The zero-order valence-corrected chi connectivity index (χ0v) is 10.5. The van der Waals surface area contributed by atoms with Crippen LogP contribution in [0.25, 0.3) is 0 Å². The molecule has 0 saturated carbocycles. The second-order valence-corrected chi connectivity index (χ2v) is 5.16. The molecule has 16 heavy (non-hydrogen) atoms. The topological polar surface area (TPSA) is 47.1 Å². The molecule has 0 unspecified atom stereocenters. The molecular formula is C12H22N4. The van der Waals surface area contributed by atoms with Gasteiger partial charge in [-0.15, -0.1) is 0 Å². The minimum atomic E-state index is 0.0718. The maximum atomic E-state index is 6.24. The van der Waals surface area contributed by atoms with Crippen LogP contribution in [0.2, 0.25) is 0 Å². The van der Waals surface area contributed by atoms with Crippen molar-refractivity contribution in [1.82, 2.24) is 14.7 Å². The summed E-state index contributed by atoms with van der Waals surface area (Å²) in [4.78, 5) is 2.39. The van der Waals surface area contributed by atoms with E-state index >= 15 is 0 Å². The molecule has 0 atom stereocenters. The van der Waals surface area contributed by atoms with Crippen LogP contribution < -0.4 is 5.73 Å². The maximum absolute atomic E-state index is 6.24. The third-order valence-electron chi connectivity index (χ3n) is 3.31. The van der Waals surface area contributed by atoms with E-state index in [-0.39, 0.29) is 5.54 Å². The van der Waals surface area contributed by atoms with E-state index in [9.17, 15) is 0 Å². The van der Waals surface area contributed by atoms with E-state index in [2.05, 4.69) is 23.0 Å². The summed E-state index contributed by atoms with van der Waals surface area (Å²) in [5.74, 6) is 0. The molecule has 1 aromatic rings. The average Bonchev–Trinajstić information content (AvgIpc) is 2.43. The van der Waals surface area contributed by atoms with Crippen molar-refractivity contribution in [3.05, 3.63) is 17.5 Å². The van der Waals surface area contributed by atoms with Gasteiger partial charge in [0.1, 0.15) is 0 Å². The van der Waals surface area contributed by atoms with Gasteiger partial charge in [0.15, 0.2) is 0 Å². The fourth-order valence-corrected chi connectivity index (χ4v) is 2.65. The quantitative estimate of drug-likeness (QED) is 0.828. The van der Waals surface area contributed by atoms with Crippen LogP contribution in [0, 0.1) is 6.92 Å². The number of nitrogens with two attached hydrogens (primary N) is 1. The van der Waals surface area contributed by atoms with Crippen LogP contribution in [0.4, 0.5) is 0 Å². The molecular weight excluding hydrogens is 200 g/mol. The SMILES string of the molecule is CCCC1(N)CN(Cc2cc(C)nn2C)C1. The lowest BCUT2D eigenvalue weighted by Gasteiger charge is -2.47. The van der Waals surface area contributed by atoms with Gasteiger partial charge in [0, 0.05) is 32.2 Å². The van der Waals surface area contributed by atoms with E-state index in [4.69, 9.17) is 5.73 Å². The van der Waals surface area contributed by atoms with E-state index in [1.165, 1.54) is 12.1 Å². The van der Waals surface area contributed by atoms with E-state index in [1.54, 1.807) is 0 Å². The van der Waals surface area contributed by atoms with Gasteiger partial charge >= 0.3 is 0 Å². The molecule has 0 aromatic carbocycles. The first-order valence-electron chi connectivity index (χ1n) is 6.03. The van der Waals surface area contributed by atoms with Crippen molar-refractivity contribution in [3.63, 3.8) is 0 Å². The molecule has 0 radical (unpaired) electrons. The predicted octanol–water partition coefficient (Wildman–Crippen LogP) is 1.04. The molecule has 1 aliphatic rings. The summed E-state index contributed by atoms with van der Waals surface area (Å²) in [7, 11) is 2.00. The van der Waals surface area contributed by atoms with Gasteiger partial charge in [0.05, 0.1) is 11.4 Å². The van der Waals surface area contributed by atoms with Crippen molar-refractivity contribution in [3.8, 4) is 0 Å². The van der Waals surface area contributed by atoms with Gasteiger partial charge in [-0.2, -0.15) is 5.10 Å². The van der Waals surface area contributed by atoms with Crippen LogP contribution in [-0.2, 0) is 13.6 Å². The standard InChI is InChI=1S/C12H22N4/c1-4-5-12(13)8-16(9-12)7-11-6-10(2)14-15(11)3/h6H,4-5,7-9,13H2,1-3H3. The second-order valence-electron chi connectivity index (χ2n) is 5.16. The Morgan fingerprint density at radius 3 is 2.69 bits per heavy atom. The van der Waals surface area contributed by atoms with E-state index < -0.39 is 0 Å². The number of hydrogen-bond donors (Lipinski definition) is 1. The maximum Gasteiger partial charge on any atom is 0.0597 e. The molecule has 1 aromatic heterocycles. The normalized spacial score (nSPS) is 19.8. The predicted molar refractivity (Wildman–Crippen MR) is 65.0 cm³/mol. The lowest BCUT2D eigenvalue weighted by molar-refractivity contribution is 0.0546. The number of rotatable bonds is 4. The molecule has 1 fully saturated rings. The van der Waals surface area contributed by atoms with Gasteiger partial charge in [0.25, 0.3) is 0 Å². The number of aryl methyl sites for hydroxylation is 2. The Morgan fingerprint density at radius 1 is 1.50 bits per heavy atom. The van der Waals surface area contributed by atoms with E-state index in [0.29, 0.717) is 0 Å². The Hall–Kier alpha value is -0.870. The van der Waals surface area contributed by atoms with Crippen molar-refractivity contribution in [1.29, 1.82) is 0 Å². The van der Waals surface area contributed by atoms with Crippen LogP contribution in [-0.4, -0.2) is 33.3 Å². The zero-order chi connectivity index (χ0) is 11.8. The summed E-state index contributed by atoms with van der Waals surface area (Å²) in [6, 6.07) is 2.15. The van der Waals surface area contributed by atoms with Gasteiger partial charge < -0.3 is 5.73 Å². The first kappa shape index (κ1) is 11.6. The van der Waals surface area contributed by atoms with Crippen LogP contribution in [0.15, 0.2) is 6.07 Å². The molecule has 0 bridgehead atoms. The van der Waals surface area contributed by atoms with Gasteiger partial charge in [-0.05, 0) is 19.4 Å². The van der Waals surface area contributed by atoms with E-state index in [0.717, 1.165) is 31.7 Å². The molecule has 4 nitrogen and oxygen atoms in total. The fourth-order valence-electron chi connectivity index (χ4n) is 2.65. The second kappa shape index (κ2) is 4.18. The molecule has 2 heterocycles. The van der Waals surface area contributed by atoms with Crippen molar-refractivity contribution in [2.24, 2.45) is 12.8 Å². The fraction of sp³-hybridized carbons (Fsp3) is 0.750. The van der Waals surface area contributed by atoms with Gasteiger partial charge in [-0.3, -0.25) is 9.58 Å². The monoisotopic (exact) mass is 222 g/mol. The lowest BCUT2D eigenvalue weighted by atomic mass is 9.86. The Balaban J connectivity index is 1.88. The first-order chi connectivity index (χ1) is 7.52. The minimum Gasteiger partial charge on any atom is -0.323 e. The van der Waals surface area contributed by atoms with Gasteiger partial charge in [-0.1, -0.05) is 13.3 Å². The molecule has 0 aliphatic carbocycles. The summed E-state index contributed by atoms with van der Waals surface area (Å²) in [5.41, 5.74) is 8.67. The minimum absolute atomic E-state index is 0.0718. The van der Waals surface area contributed by atoms with Crippen molar-refractivity contribution in [2.45, 2.75) is 38.8 Å². The zero-order valence-electron chi connectivity index (χ0n) is 10.5. The highest BCUT2D eigenvalue weighted by Crippen LogP contribution is 2.24. The summed E-state index contributed by atoms with van der Waals surface area (Å²) in [5, 5.41) is 4.35. The Bertz CT molecular complexity index is 363. The molecule has 0 spiro atoms. The highest BCUT2D eigenvalue weighted by atomic mass is 15.3. The van der Waals surface area contributed by atoms with Gasteiger partial charge in [-0.25, -0.2) is 0 Å². The molecule has 2 rings (SSSR count). The van der Waals surface area contributed by atoms with Crippen molar-refractivity contribution in [2.75, 3.05) is 13.1 Å². The summed E-state index contributed by atoms with van der Waals surface area (Å²) < 4.78 is 1.96. The molecule has 2 N–H and O–H groups in total. The molecule has 90 valence electrons. The highest BCUT2D eigenvalue weighted by molar-refractivity contribution is 5.10. The Morgan fingerprint density at radius 2 is 2.19 bits per heavy atom. The molecule has 1 aliphatic heterocycles. The number of likely N-dealkylation sites (tertiary alicyclic amines) is 1. The first-order valence-corrected chi connectivity index (χ1v) is 6.03. The van der Waals surface area contributed by atoms with Crippen molar-refractivity contribution < 1.29 is 0 Å². The largest absolute Gasteiger partial charge is 0.323 e. The summed E-state index contributed by atoms with van der Waals surface area (Å²) >= 11 is 0. The van der Waals surface area contributed by atoms with Gasteiger partial charge in [0.2, 0.25) is 0 Å². The van der Waals surface area contributed by atoms with Crippen LogP contribution in [0.5, 0.6) is 0 Å². The average molecular weight is 222 g/mol. The molecule has 4 heteroatoms. The lowest BCUT2D eigenvalue weighted by Crippen LogP contribution is -2.66. The number of nitrogens with zero attached hydrogens (tertiary/aromatic N) is 3. The summed E-state index contributed by atoms with van der Waals surface area (Å²) in [6.45, 7) is 7.24. The van der Waals surface area contributed by atoms with Crippen LogP contribution >= 0.6 is 0 Å². The van der Waals surface area contributed by atoms with Crippen LogP contribution in [0.1, 0.15) is 31.2 Å².